The lowest BCUT2D eigenvalue weighted by Crippen LogP contribution is -1.90. The maximum atomic E-state index is 10.8. The van der Waals surface area contributed by atoms with E-state index in [9.17, 15) is 4.79 Å². The van der Waals surface area contributed by atoms with Gasteiger partial charge in [0.2, 0.25) is 0 Å². The molecule has 0 atom stereocenters. The van der Waals surface area contributed by atoms with Crippen molar-refractivity contribution in [1.82, 2.24) is 0 Å². The molecule has 2 aromatic rings. The Morgan fingerprint density at radius 2 is 2.29 bits per heavy atom. The van der Waals surface area contributed by atoms with E-state index in [0.29, 0.717) is 0 Å². The monoisotopic (exact) mass is 205 g/mol. The summed E-state index contributed by atoms with van der Waals surface area (Å²) in [5.74, 6) is 0. The molecule has 1 heterocycles. The van der Waals surface area contributed by atoms with E-state index in [-0.39, 0.29) is 0 Å². The van der Waals surface area contributed by atoms with E-state index in [2.05, 4.69) is 6.92 Å². The van der Waals surface area contributed by atoms with E-state index in [1.807, 2.05) is 17.5 Å². The Morgan fingerprint density at radius 3 is 2.93 bits per heavy atom. The van der Waals surface area contributed by atoms with E-state index in [4.69, 9.17) is 5.73 Å². The number of nitrogen functional groups attached to an aromatic ring is 1. The minimum absolute atomic E-state index is 0.772. The molecular weight excluding hydrogens is 194 g/mol. The van der Waals surface area contributed by atoms with Gasteiger partial charge in [-0.15, -0.1) is 11.3 Å². The van der Waals surface area contributed by atoms with Crippen LogP contribution >= 0.6 is 11.3 Å². The zero-order chi connectivity index (χ0) is 10.1. The van der Waals surface area contributed by atoms with Crippen molar-refractivity contribution in [1.29, 1.82) is 0 Å². The third kappa shape index (κ3) is 1.30. The number of fused-ring (bicyclic) bond motifs is 1. The van der Waals surface area contributed by atoms with Crippen molar-refractivity contribution in [2.75, 3.05) is 5.73 Å². The molecule has 0 radical (unpaired) electrons. The lowest BCUT2D eigenvalue weighted by molar-refractivity contribution is 0.112. The topological polar surface area (TPSA) is 43.1 Å². The van der Waals surface area contributed by atoms with Gasteiger partial charge in [-0.2, -0.15) is 0 Å². The van der Waals surface area contributed by atoms with Crippen molar-refractivity contribution in [3.63, 3.8) is 0 Å². The van der Waals surface area contributed by atoms with Crippen molar-refractivity contribution >= 4 is 33.4 Å². The molecular formula is C11H11NOS. The summed E-state index contributed by atoms with van der Waals surface area (Å²) in [5.41, 5.74) is 8.48. The zero-order valence-electron chi connectivity index (χ0n) is 7.91. The Kier molecular flexibility index (Phi) is 2.25. The normalized spacial score (nSPS) is 10.6. The minimum Gasteiger partial charge on any atom is -0.399 e. The van der Waals surface area contributed by atoms with Gasteiger partial charge in [0.25, 0.3) is 0 Å². The fourth-order valence-corrected chi connectivity index (χ4v) is 2.67. The van der Waals surface area contributed by atoms with Crippen LogP contribution in [0.1, 0.15) is 22.8 Å². The standard InChI is InChI=1S/C11H11NOS/c1-2-7-3-9(12)4-10-11(7)8(5-13)6-14-10/h3-6H,2,12H2,1H3. The Balaban J connectivity index is 2.85. The van der Waals surface area contributed by atoms with Crippen LogP contribution in [0.3, 0.4) is 0 Å². The molecule has 0 aliphatic heterocycles. The Morgan fingerprint density at radius 1 is 1.50 bits per heavy atom. The van der Waals surface area contributed by atoms with Gasteiger partial charge in [-0.3, -0.25) is 4.79 Å². The fourth-order valence-electron chi connectivity index (χ4n) is 1.67. The number of carbonyl (C=O) groups is 1. The van der Waals surface area contributed by atoms with Gasteiger partial charge in [0.15, 0.2) is 6.29 Å². The average Bonchev–Trinajstić information content (AvgIpc) is 2.59. The molecule has 1 aromatic carbocycles. The van der Waals surface area contributed by atoms with Crippen LogP contribution in [0.4, 0.5) is 5.69 Å². The van der Waals surface area contributed by atoms with Gasteiger partial charge < -0.3 is 5.73 Å². The molecule has 14 heavy (non-hydrogen) atoms. The second kappa shape index (κ2) is 3.42. The van der Waals surface area contributed by atoms with Crippen LogP contribution in [0.15, 0.2) is 17.5 Å². The molecule has 2 nitrogen and oxygen atoms in total. The molecule has 0 aliphatic rings. The van der Waals surface area contributed by atoms with E-state index in [1.165, 1.54) is 0 Å². The van der Waals surface area contributed by atoms with Crippen LogP contribution in [0.25, 0.3) is 10.1 Å². The number of benzene rings is 1. The van der Waals surface area contributed by atoms with Gasteiger partial charge in [0.1, 0.15) is 0 Å². The molecule has 2 rings (SSSR count). The highest BCUT2D eigenvalue weighted by atomic mass is 32.1. The highest BCUT2D eigenvalue weighted by Gasteiger charge is 2.08. The largest absolute Gasteiger partial charge is 0.399 e. The first-order valence-electron chi connectivity index (χ1n) is 4.51. The van der Waals surface area contributed by atoms with Crippen LogP contribution in [-0.4, -0.2) is 6.29 Å². The molecule has 72 valence electrons. The van der Waals surface area contributed by atoms with Crippen molar-refractivity contribution in [2.45, 2.75) is 13.3 Å². The zero-order valence-corrected chi connectivity index (χ0v) is 8.73. The molecule has 2 N–H and O–H groups in total. The lowest BCUT2D eigenvalue weighted by Gasteiger charge is -2.02. The molecule has 0 aliphatic carbocycles. The van der Waals surface area contributed by atoms with Gasteiger partial charge in [0, 0.05) is 26.7 Å². The fraction of sp³-hybridized carbons (Fsp3) is 0.182. The third-order valence-electron chi connectivity index (χ3n) is 2.32. The molecule has 3 heteroatoms. The first-order valence-corrected chi connectivity index (χ1v) is 5.39. The van der Waals surface area contributed by atoms with E-state index < -0.39 is 0 Å². The molecule has 0 unspecified atom stereocenters. The second-order valence-electron chi connectivity index (χ2n) is 3.22. The summed E-state index contributed by atoms with van der Waals surface area (Å²) in [5, 5.41) is 2.96. The van der Waals surface area contributed by atoms with Crippen LogP contribution < -0.4 is 5.73 Å². The van der Waals surface area contributed by atoms with Crippen LogP contribution in [0.5, 0.6) is 0 Å². The highest BCUT2D eigenvalue weighted by Crippen LogP contribution is 2.30. The van der Waals surface area contributed by atoms with Crippen molar-refractivity contribution in [3.05, 3.63) is 28.6 Å². The van der Waals surface area contributed by atoms with E-state index >= 15 is 0 Å². The number of aldehydes is 1. The number of aryl methyl sites for hydroxylation is 1. The summed E-state index contributed by atoms with van der Waals surface area (Å²) in [4.78, 5) is 10.8. The molecule has 0 fully saturated rings. The number of rotatable bonds is 2. The van der Waals surface area contributed by atoms with Crippen molar-refractivity contribution in [3.8, 4) is 0 Å². The van der Waals surface area contributed by atoms with E-state index in [0.717, 1.165) is 39.6 Å². The molecule has 1 aromatic heterocycles. The number of anilines is 1. The summed E-state index contributed by atoms with van der Waals surface area (Å²) in [7, 11) is 0. The summed E-state index contributed by atoms with van der Waals surface area (Å²) >= 11 is 1.57. The molecule has 0 saturated carbocycles. The van der Waals surface area contributed by atoms with Crippen LogP contribution in [0, 0.1) is 0 Å². The molecule has 0 spiro atoms. The summed E-state index contributed by atoms with van der Waals surface area (Å²) in [6.45, 7) is 2.07. The first kappa shape index (κ1) is 9.21. The van der Waals surface area contributed by atoms with Gasteiger partial charge in [-0.1, -0.05) is 6.92 Å². The van der Waals surface area contributed by atoms with Gasteiger partial charge in [-0.25, -0.2) is 0 Å². The lowest BCUT2D eigenvalue weighted by atomic mass is 10.0. The SMILES string of the molecule is CCc1cc(N)cc2scc(C=O)c12. The second-order valence-corrected chi connectivity index (χ2v) is 4.13. The first-order chi connectivity index (χ1) is 6.76. The van der Waals surface area contributed by atoms with Gasteiger partial charge in [0.05, 0.1) is 0 Å². The Bertz CT molecular complexity index is 487. The average molecular weight is 205 g/mol. The molecule has 0 saturated heterocycles. The number of nitrogens with two attached hydrogens (primary N) is 1. The van der Waals surface area contributed by atoms with E-state index in [1.54, 1.807) is 11.3 Å². The van der Waals surface area contributed by atoms with Crippen molar-refractivity contribution < 1.29 is 4.79 Å². The van der Waals surface area contributed by atoms with Crippen LogP contribution in [0.2, 0.25) is 0 Å². The summed E-state index contributed by atoms with van der Waals surface area (Å²) < 4.78 is 1.10. The molecule has 0 amide bonds. The number of hydrogen-bond acceptors (Lipinski definition) is 3. The maximum absolute atomic E-state index is 10.8. The number of hydrogen-bond donors (Lipinski definition) is 1. The summed E-state index contributed by atoms with van der Waals surface area (Å²) in [6, 6.07) is 3.87. The predicted octanol–water partition coefficient (Wildman–Crippen LogP) is 2.86. The maximum Gasteiger partial charge on any atom is 0.151 e. The van der Waals surface area contributed by atoms with Gasteiger partial charge in [-0.05, 0) is 24.1 Å². The number of thiophene rings is 1. The number of carbonyl (C=O) groups excluding carboxylic acids is 1. The quantitative estimate of drug-likeness (QED) is 0.605. The third-order valence-corrected chi connectivity index (χ3v) is 3.26. The van der Waals surface area contributed by atoms with Crippen LogP contribution in [-0.2, 0) is 6.42 Å². The molecule has 0 bridgehead atoms. The summed E-state index contributed by atoms with van der Waals surface area (Å²) in [6.07, 6.45) is 1.81. The minimum atomic E-state index is 0.772. The highest BCUT2D eigenvalue weighted by molar-refractivity contribution is 7.17. The Hall–Kier alpha value is -1.35. The Labute approximate surface area is 86.3 Å². The van der Waals surface area contributed by atoms with Gasteiger partial charge >= 0.3 is 0 Å². The predicted molar refractivity (Wildman–Crippen MR) is 61.0 cm³/mol. The van der Waals surface area contributed by atoms with Crippen molar-refractivity contribution in [2.24, 2.45) is 0 Å². The smallest absolute Gasteiger partial charge is 0.151 e.